The summed E-state index contributed by atoms with van der Waals surface area (Å²) in [7, 11) is -3.10. The first-order chi connectivity index (χ1) is 34.6. The van der Waals surface area contributed by atoms with Crippen LogP contribution in [0.15, 0.2) is 153 Å². The number of thiophene rings is 2. The molecular weight excluding hydrogens is 1020 g/mol. The SMILES string of the molecule is COc1ccc(-c2cn(S(=O)(=O)c3ccc(C)cc3)c3nccc(-c4ccsc4)c23)c(OC)n1.COc1ccc(-c2cn(S(=O)(=O)c3ccc(C)cc3)c3nccc(Cl)c23)c(OC)n1.OB(O)c1ccsc1. The van der Waals surface area contributed by atoms with Gasteiger partial charge in [0.05, 0.1) is 43.3 Å². The molecule has 0 saturated carbocycles. The Kier molecular flexibility index (Phi) is 15.5. The quantitative estimate of drug-likeness (QED) is 0.110. The van der Waals surface area contributed by atoms with E-state index in [1.807, 2.05) is 42.8 Å². The van der Waals surface area contributed by atoms with E-state index in [0.717, 1.165) is 26.2 Å². The molecule has 0 aliphatic rings. The van der Waals surface area contributed by atoms with E-state index in [2.05, 4.69) is 19.9 Å². The predicted octanol–water partition coefficient (Wildman–Crippen LogP) is 9.13. The molecule has 0 unspecified atom stereocenters. The third-order valence-electron chi connectivity index (χ3n) is 11.1. The molecule has 0 aliphatic carbocycles. The number of fused-ring (bicyclic) bond motifs is 2. The zero-order chi connectivity index (χ0) is 51.3. The van der Waals surface area contributed by atoms with Crippen LogP contribution in [0.4, 0.5) is 0 Å². The highest BCUT2D eigenvalue weighted by Crippen LogP contribution is 2.43. The Morgan fingerprint density at radius 1 is 0.542 bits per heavy atom. The zero-order valence-corrected chi connectivity index (χ0v) is 43.3. The lowest BCUT2D eigenvalue weighted by atomic mass is 9.83. The highest BCUT2D eigenvalue weighted by Gasteiger charge is 2.28. The van der Waals surface area contributed by atoms with E-state index < -0.39 is 27.2 Å². The van der Waals surface area contributed by atoms with Crippen molar-refractivity contribution in [2.45, 2.75) is 23.6 Å². The van der Waals surface area contributed by atoms with E-state index in [1.165, 1.54) is 56.1 Å². The van der Waals surface area contributed by atoms with Crippen LogP contribution in [0.3, 0.4) is 0 Å². The molecule has 0 fully saturated rings. The van der Waals surface area contributed by atoms with Crippen LogP contribution >= 0.6 is 34.3 Å². The maximum atomic E-state index is 13.7. The summed E-state index contributed by atoms with van der Waals surface area (Å²) in [5.74, 6) is 1.37. The Morgan fingerprint density at radius 2 is 1.01 bits per heavy atom. The molecule has 72 heavy (non-hydrogen) atoms. The number of hydrogen-bond donors (Lipinski definition) is 2. The molecule has 0 saturated heterocycles. The van der Waals surface area contributed by atoms with Crippen molar-refractivity contribution in [2.24, 2.45) is 0 Å². The van der Waals surface area contributed by atoms with Crippen molar-refractivity contribution in [3.8, 4) is 56.9 Å². The Labute approximate surface area is 428 Å². The van der Waals surface area contributed by atoms with Gasteiger partial charge in [-0.15, -0.1) is 0 Å². The van der Waals surface area contributed by atoms with Gasteiger partial charge in [-0.2, -0.15) is 32.6 Å². The van der Waals surface area contributed by atoms with Crippen LogP contribution in [0.25, 0.3) is 55.4 Å². The molecule has 2 N–H and O–H groups in total. The molecule has 368 valence electrons. The van der Waals surface area contributed by atoms with Gasteiger partial charge < -0.3 is 29.0 Å². The van der Waals surface area contributed by atoms with Crippen molar-refractivity contribution in [1.29, 1.82) is 0 Å². The fourth-order valence-corrected chi connectivity index (χ4v) is 11.7. The van der Waals surface area contributed by atoms with Crippen LogP contribution in [0, 0.1) is 13.8 Å². The summed E-state index contributed by atoms with van der Waals surface area (Å²) in [5, 5.41) is 26.0. The van der Waals surface area contributed by atoms with Crippen molar-refractivity contribution in [2.75, 3.05) is 28.4 Å². The average Bonchev–Trinajstić information content (AvgIpc) is 4.25. The molecule has 16 nitrogen and oxygen atoms in total. The van der Waals surface area contributed by atoms with Crippen molar-refractivity contribution in [3.05, 3.63) is 160 Å². The van der Waals surface area contributed by atoms with E-state index in [1.54, 1.807) is 113 Å². The summed E-state index contributed by atoms with van der Waals surface area (Å²) in [6, 6.07) is 27.5. The van der Waals surface area contributed by atoms with Gasteiger partial charge in [0.2, 0.25) is 23.5 Å². The molecule has 2 aromatic carbocycles. The van der Waals surface area contributed by atoms with Gasteiger partial charge in [-0.3, -0.25) is 0 Å². The first kappa shape index (κ1) is 51.3. The van der Waals surface area contributed by atoms with Gasteiger partial charge in [0.15, 0.2) is 11.3 Å². The van der Waals surface area contributed by atoms with Gasteiger partial charge in [0, 0.05) is 69.9 Å². The summed E-state index contributed by atoms with van der Waals surface area (Å²) >= 11 is 9.48. The summed E-state index contributed by atoms with van der Waals surface area (Å²) in [6.07, 6.45) is 6.18. The monoisotopic (exact) mass is 1060 g/mol. The van der Waals surface area contributed by atoms with E-state index in [0.29, 0.717) is 66.8 Å². The average molecular weight is 1060 g/mol. The van der Waals surface area contributed by atoms with Crippen molar-refractivity contribution >= 4 is 89.0 Å². The smallest absolute Gasteiger partial charge is 0.481 e. The number of pyridine rings is 4. The molecule has 10 aromatic rings. The normalized spacial score (nSPS) is 11.3. The minimum Gasteiger partial charge on any atom is -0.481 e. The summed E-state index contributed by atoms with van der Waals surface area (Å²) in [5.41, 5.74) is 7.28. The fourth-order valence-electron chi connectivity index (χ4n) is 7.51. The molecule has 8 heterocycles. The van der Waals surface area contributed by atoms with Gasteiger partial charge in [0.1, 0.15) is 0 Å². The Morgan fingerprint density at radius 3 is 1.44 bits per heavy atom. The van der Waals surface area contributed by atoms with Crippen LogP contribution < -0.4 is 24.4 Å². The number of rotatable bonds is 12. The lowest BCUT2D eigenvalue weighted by molar-refractivity contribution is 0.365. The minimum absolute atomic E-state index is 0.151. The largest absolute Gasteiger partial charge is 0.489 e. The first-order valence-corrected chi connectivity index (χ1v) is 26.6. The predicted molar refractivity (Wildman–Crippen MR) is 282 cm³/mol. The number of ether oxygens (including phenoxy) is 4. The Hall–Kier alpha value is -7.11. The van der Waals surface area contributed by atoms with Gasteiger partial charge in [-0.1, -0.05) is 53.1 Å². The molecule has 22 heteroatoms. The number of halogens is 1. The van der Waals surface area contributed by atoms with E-state index in [-0.39, 0.29) is 21.3 Å². The van der Waals surface area contributed by atoms with E-state index >= 15 is 0 Å². The second-order valence-corrected chi connectivity index (χ2v) is 21.2. The van der Waals surface area contributed by atoms with Gasteiger partial charge in [-0.05, 0) is 107 Å². The van der Waals surface area contributed by atoms with E-state index in [4.69, 9.17) is 40.6 Å². The maximum absolute atomic E-state index is 13.7. The second-order valence-electron chi connectivity index (χ2n) is 15.6. The molecule has 8 aromatic heterocycles. The molecule has 10 rings (SSSR count). The number of benzene rings is 2. The molecule has 0 bridgehead atoms. The standard InChI is InChI=1S/C25H21N3O4S2.C21H18ClN3O4S.C4H5BO2S/c1-16-4-6-18(7-5-16)34(29,30)28-14-21(20-8-9-22(31-2)27-25(20)32-3)23-19(10-12-26-24(23)28)17-11-13-33-15-17;1-13-4-6-14(7-5-13)30(26,27)25-12-16(19-17(22)10-11-23-20(19)25)15-8-9-18(28-2)24-21(15)29-3;6-5(7)4-1-2-8-3-4/h4-15H,1-3H3;4-12H,1-3H3;1-3,6-7H. The molecule has 0 aliphatic heterocycles. The lowest BCUT2D eigenvalue weighted by Crippen LogP contribution is -2.27. The second kappa shape index (κ2) is 21.7. The number of nitrogens with zero attached hydrogens (tertiary/aromatic N) is 6. The summed E-state index contributed by atoms with van der Waals surface area (Å²) < 4.78 is 77.9. The van der Waals surface area contributed by atoms with Crippen LogP contribution in [0.1, 0.15) is 11.1 Å². The van der Waals surface area contributed by atoms with Crippen LogP contribution in [-0.2, 0) is 20.0 Å². The van der Waals surface area contributed by atoms with Crippen molar-refractivity contribution in [3.63, 3.8) is 0 Å². The number of aryl methyl sites for hydroxylation is 2. The highest BCUT2D eigenvalue weighted by molar-refractivity contribution is 7.90. The summed E-state index contributed by atoms with van der Waals surface area (Å²) in [6.45, 7) is 3.81. The van der Waals surface area contributed by atoms with Gasteiger partial charge in [0.25, 0.3) is 20.0 Å². The summed E-state index contributed by atoms with van der Waals surface area (Å²) in [4.78, 5) is 17.8. The maximum Gasteiger partial charge on any atom is 0.489 e. The third-order valence-corrected chi connectivity index (χ3v) is 16.2. The molecule has 0 radical (unpaired) electrons. The third kappa shape index (κ3) is 10.3. The minimum atomic E-state index is -3.92. The highest BCUT2D eigenvalue weighted by atomic mass is 35.5. The Balaban J connectivity index is 0.000000168. The zero-order valence-electron chi connectivity index (χ0n) is 39.3. The number of methoxy groups -OCH3 is 4. The molecule has 0 spiro atoms. The fraction of sp³-hybridized carbons (Fsp3) is 0.120. The first-order valence-electron chi connectivity index (χ1n) is 21.5. The van der Waals surface area contributed by atoms with E-state index in [9.17, 15) is 16.8 Å². The molecule has 0 amide bonds. The van der Waals surface area contributed by atoms with Gasteiger partial charge in [-0.25, -0.2) is 34.7 Å². The van der Waals surface area contributed by atoms with Crippen LogP contribution in [0.5, 0.6) is 23.5 Å². The van der Waals surface area contributed by atoms with Crippen molar-refractivity contribution < 1.29 is 45.8 Å². The number of aromatic nitrogens is 6. The lowest BCUT2D eigenvalue weighted by Gasteiger charge is -2.09. The topological polar surface area (TPSA) is 207 Å². The van der Waals surface area contributed by atoms with Gasteiger partial charge >= 0.3 is 7.12 Å². The number of hydrogen-bond acceptors (Lipinski definition) is 16. The van der Waals surface area contributed by atoms with Crippen LogP contribution in [-0.4, -0.2) is 90.3 Å². The molecular formula is C50H44BClN6O10S4. The molecule has 0 atom stereocenters. The Bertz CT molecular complexity index is 3740. The van der Waals surface area contributed by atoms with Crippen LogP contribution in [0.2, 0.25) is 5.02 Å². The van der Waals surface area contributed by atoms with Crippen molar-refractivity contribution in [1.82, 2.24) is 27.9 Å².